The summed E-state index contributed by atoms with van der Waals surface area (Å²) < 4.78 is 5.83. The summed E-state index contributed by atoms with van der Waals surface area (Å²) in [5.41, 5.74) is 3.32. The molecule has 5 nitrogen and oxygen atoms in total. The standard InChI is InChI=1S/C24H21NO4.C2H6.H2S/c1-12(2)22(28)29-11-23-14-8-4-3-7-13(14)18-17-19(21(27)25-20(17)26)24(18,23)16-10-6-5-9-15(16)23;1-2;/h3-10,12,17-19H,11H2,1-2H3,(H,25,26,27);1-2H3;1H2. The molecule has 5 unspecified atom stereocenters. The van der Waals surface area contributed by atoms with Crippen LogP contribution in [0, 0.1) is 17.8 Å². The zero-order valence-electron chi connectivity index (χ0n) is 18.8. The Kier molecular flexibility index (Phi) is 5.28. The minimum Gasteiger partial charge on any atom is -0.464 e. The smallest absolute Gasteiger partial charge is 0.308 e. The van der Waals surface area contributed by atoms with Crippen molar-refractivity contribution in [2.24, 2.45) is 17.8 Å². The Morgan fingerprint density at radius 1 is 0.938 bits per heavy atom. The highest BCUT2D eigenvalue weighted by atomic mass is 32.1. The van der Waals surface area contributed by atoms with Crippen LogP contribution in [0.25, 0.3) is 0 Å². The zero-order chi connectivity index (χ0) is 22.1. The summed E-state index contributed by atoms with van der Waals surface area (Å²) in [7, 11) is 0. The van der Waals surface area contributed by atoms with E-state index in [0.29, 0.717) is 0 Å². The summed E-state index contributed by atoms with van der Waals surface area (Å²) in [4.78, 5) is 37.9. The van der Waals surface area contributed by atoms with Gasteiger partial charge in [-0.05, 0) is 22.3 Å². The highest BCUT2D eigenvalue weighted by molar-refractivity contribution is 7.59. The van der Waals surface area contributed by atoms with E-state index in [4.69, 9.17) is 4.74 Å². The van der Waals surface area contributed by atoms with Gasteiger partial charge in [-0.3, -0.25) is 19.7 Å². The maximum Gasteiger partial charge on any atom is 0.308 e. The predicted molar refractivity (Wildman–Crippen MR) is 126 cm³/mol. The molecule has 0 radical (unpaired) electrons. The quantitative estimate of drug-likeness (QED) is 0.572. The number of carbonyl (C=O) groups excluding carboxylic acids is 3. The number of esters is 1. The first-order valence-electron chi connectivity index (χ1n) is 11.2. The van der Waals surface area contributed by atoms with Crippen molar-refractivity contribution in [3.05, 3.63) is 70.8 Å². The molecule has 1 aliphatic heterocycles. The first-order valence-corrected chi connectivity index (χ1v) is 11.2. The maximum atomic E-state index is 12.9. The van der Waals surface area contributed by atoms with Crippen molar-refractivity contribution in [1.82, 2.24) is 5.32 Å². The summed E-state index contributed by atoms with van der Waals surface area (Å²) in [6.45, 7) is 7.83. The lowest BCUT2D eigenvalue weighted by Crippen LogP contribution is -2.73. The summed E-state index contributed by atoms with van der Waals surface area (Å²) in [5, 5.41) is 2.56. The average molecular weight is 452 g/mol. The zero-order valence-corrected chi connectivity index (χ0v) is 19.8. The molecule has 6 heteroatoms. The number of rotatable bonds is 3. The Hall–Kier alpha value is -2.60. The lowest BCUT2D eigenvalue weighted by atomic mass is 9.32. The Balaban J connectivity index is 0.000000796. The van der Waals surface area contributed by atoms with Crippen LogP contribution < -0.4 is 5.32 Å². The van der Waals surface area contributed by atoms with Crippen LogP contribution in [0.5, 0.6) is 0 Å². The van der Waals surface area contributed by atoms with Crippen LogP contribution in [0.3, 0.4) is 0 Å². The normalized spacial score (nSPS) is 31.7. The number of ether oxygens (including phenoxy) is 1. The van der Waals surface area contributed by atoms with Gasteiger partial charge in [-0.1, -0.05) is 76.2 Å². The Labute approximate surface area is 195 Å². The minimum absolute atomic E-state index is 0. The number of amides is 2. The molecule has 2 fully saturated rings. The molecule has 1 N–H and O–H groups in total. The minimum atomic E-state index is -0.585. The van der Waals surface area contributed by atoms with Crippen molar-refractivity contribution in [3.63, 3.8) is 0 Å². The maximum absolute atomic E-state index is 12.9. The molecular weight excluding hydrogens is 422 g/mol. The van der Waals surface area contributed by atoms with E-state index in [9.17, 15) is 14.4 Å². The molecule has 0 bridgehead atoms. The highest BCUT2D eigenvalue weighted by Crippen LogP contribution is 2.82. The molecule has 2 aromatic rings. The third-order valence-electron chi connectivity index (χ3n) is 7.73. The van der Waals surface area contributed by atoms with Crippen molar-refractivity contribution in [3.8, 4) is 0 Å². The fraction of sp³-hybridized carbons (Fsp3) is 0.423. The Morgan fingerprint density at radius 3 is 2.19 bits per heavy atom. The van der Waals surface area contributed by atoms with Gasteiger partial charge in [0.05, 0.1) is 23.2 Å². The van der Waals surface area contributed by atoms with Crippen LogP contribution in [0.4, 0.5) is 0 Å². The van der Waals surface area contributed by atoms with E-state index in [1.54, 1.807) is 0 Å². The molecule has 1 saturated carbocycles. The average Bonchev–Trinajstić information content (AvgIpc) is 3.09. The van der Waals surface area contributed by atoms with Gasteiger partial charge in [-0.15, -0.1) is 0 Å². The van der Waals surface area contributed by atoms with E-state index in [2.05, 4.69) is 29.6 Å². The second-order valence-corrected chi connectivity index (χ2v) is 9.00. The number of benzene rings is 2. The topological polar surface area (TPSA) is 72.5 Å². The summed E-state index contributed by atoms with van der Waals surface area (Å²) >= 11 is 0. The van der Waals surface area contributed by atoms with Gasteiger partial charge in [-0.25, -0.2) is 0 Å². The van der Waals surface area contributed by atoms with E-state index in [1.807, 2.05) is 52.0 Å². The largest absolute Gasteiger partial charge is 0.464 e. The second kappa shape index (κ2) is 7.48. The first-order chi connectivity index (χ1) is 15.0. The molecule has 6 rings (SSSR count). The van der Waals surface area contributed by atoms with Gasteiger partial charge < -0.3 is 4.74 Å². The van der Waals surface area contributed by atoms with Crippen molar-refractivity contribution < 1.29 is 19.1 Å². The SMILES string of the molecule is CC.CC(C)C(=O)OCC12c3ccccc3C3C4C(=O)NC(=O)C4C31c1ccccc12.S. The molecule has 4 aliphatic rings. The van der Waals surface area contributed by atoms with E-state index < -0.39 is 16.7 Å². The Bertz CT molecular complexity index is 1120. The molecule has 1 saturated heterocycles. The Morgan fingerprint density at radius 2 is 1.53 bits per heavy atom. The molecule has 1 spiro atoms. The third-order valence-corrected chi connectivity index (χ3v) is 7.73. The molecule has 168 valence electrons. The van der Waals surface area contributed by atoms with Gasteiger partial charge in [0.15, 0.2) is 0 Å². The predicted octanol–water partition coefficient (Wildman–Crippen LogP) is 3.56. The van der Waals surface area contributed by atoms with Crippen LogP contribution >= 0.6 is 13.5 Å². The van der Waals surface area contributed by atoms with Crippen LogP contribution in [0.2, 0.25) is 0 Å². The van der Waals surface area contributed by atoms with E-state index in [1.165, 1.54) is 0 Å². The van der Waals surface area contributed by atoms with Gasteiger partial charge in [0.2, 0.25) is 11.8 Å². The van der Waals surface area contributed by atoms with Gasteiger partial charge in [0.25, 0.3) is 0 Å². The van der Waals surface area contributed by atoms with Crippen LogP contribution in [-0.2, 0) is 30.0 Å². The summed E-state index contributed by atoms with van der Waals surface area (Å²) in [6, 6.07) is 16.2. The van der Waals surface area contributed by atoms with Gasteiger partial charge in [0, 0.05) is 11.3 Å². The molecule has 0 aromatic heterocycles. The van der Waals surface area contributed by atoms with Gasteiger partial charge in [-0.2, -0.15) is 13.5 Å². The van der Waals surface area contributed by atoms with Crippen molar-refractivity contribution in [2.75, 3.05) is 6.61 Å². The monoisotopic (exact) mass is 451 g/mol. The number of nitrogens with one attached hydrogen (secondary N) is 1. The lowest BCUT2D eigenvalue weighted by molar-refractivity contribution is -0.157. The van der Waals surface area contributed by atoms with Crippen LogP contribution in [0.15, 0.2) is 48.5 Å². The van der Waals surface area contributed by atoms with Crippen molar-refractivity contribution >= 4 is 31.3 Å². The number of imide groups is 1. The van der Waals surface area contributed by atoms with E-state index in [0.717, 1.165) is 22.3 Å². The number of hydrogen-bond acceptors (Lipinski definition) is 4. The molecular formula is C26H29NO4S. The highest BCUT2D eigenvalue weighted by Gasteiger charge is 2.86. The fourth-order valence-corrected chi connectivity index (χ4v) is 6.85. The van der Waals surface area contributed by atoms with E-state index in [-0.39, 0.29) is 55.6 Å². The van der Waals surface area contributed by atoms with Gasteiger partial charge >= 0.3 is 5.97 Å². The van der Waals surface area contributed by atoms with Crippen LogP contribution in [0.1, 0.15) is 55.9 Å². The van der Waals surface area contributed by atoms with Crippen molar-refractivity contribution in [2.45, 2.75) is 44.4 Å². The van der Waals surface area contributed by atoms with Crippen LogP contribution in [-0.4, -0.2) is 24.4 Å². The molecule has 2 amide bonds. The second-order valence-electron chi connectivity index (χ2n) is 9.00. The van der Waals surface area contributed by atoms with E-state index >= 15 is 0 Å². The number of hydrogen-bond donors (Lipinski definition) is 1. The molecule has 5 atom stereocenters. The summed E-state index contributed by atoms with van der Waals surface area (Å²) in [6.07, 6.45) is 0. The first kappa shape index (κ1) is 22.6. The molecule has 32 heavy (non-hydrogen) atoms. The van der Waals surface area contributed by atoms with Gasteiger partial charge in [0.1, 0.15) is 6.61 Å². The molecule has 2 aromatic carbocycles. The molecule has 3 aliphatic carbocycles. The number of carbonyl (C=O) groups is 3. The fourth-order valence-electron chi connectivity index (χ4n) is 6.85. The molecule has 1 heterocycles. The number of fused-ring (bicyclic) bond motifs is 7. The third kappa shape index (κ3) is 2.24. The lowest BCUT2D eigenvalue weighted by Gasteiger charge is -2.68. The van der Waals surface area contributed by atoms with Crippen molar-refractivity contribution in [1.29, 1.82) is 0 Å². The summed E-state index contributed by atoms with van der Waals surface area (Å²) in [5.74, 6) is -1.68.